The second-order valence-electron chi connectivity index (χ2n) is 2.80. The first kappa shape index (κ1) is 9.99. The van der Waals surface area contributed by atoms with E-state index in [-0.39, 0.29) is 11.1 Å². The highest BCUT2D eigenvalue weighted by Crippen LogP contribution is 2.24. The van der Waals surface area contributed by atoms with E-state index in [1.807, 2.05) is 13.8 Å². The van der Waals surface area contributed by atoms with Gasteiger partial charge in [-0.1, -0.05) is 11.6 Å². The first-order valence-electron chi connectivity index (χ1n) is 3.91. The van der Waals surface area contributed by atoms with Crippen LogP contribution in [0.25, 0.3) is 0 Å². The molecule has 1 aromatic heterocycles. The van der Waals surface area contributed by atoms with Crippen molar-refractivity contribution in [3.63, 3.8) is 0 Å². The average Bonchev–Trinajstić information content (AvgIpc) is 2.08. The number of aldehydes is 1. The topological polar surface area (TPSA) is 39.2 Å². The molecule has 0 radical (unpaired) electrons. The fraction of sp³-hybridized carbons (Fsp3) is 0.333. The maximum atomic E-state index is 10.5. The number of carbonyl (C=O) groups is 1. The molecule has 4 heteroatoms. The second-order valence-corrected chi connectivity index (χ2v) is 3.18. The largest absolute Gasteiger partial charge is 0.474 e. The van der Waals surface area contributed by atoms with Gasteiger partial charge in [0.05, 0.1) is 6.10 Å². The molecule has 0 saturated heterocycles. The van der Waals surface area contributed by atoms with E-state index in [1.54, 1.807) is 6.07 Å². The summed E-state index contributed by atoms with van der Waals surface area (Å²) in [5, 5.41) is 0.270. The van der Waals surface area contributed by atoms with Gasteiger partial charge in [0.15, 0.2) is 6.29 Å². The van der Waals surface area contributed by atoms with E-state index in [4.69, 9.17) is 16.3 Å². The van der Waals surface area contributed by atoms with E-state index in [9.17, 15) is 4.79 Å². The number of carbonyl (C=O) groups excluding carboxylic acids is 1. The van der Waals surface area contributed by atoms with Gasteiger partial charge in [0, 0.05) is 11.8 Å². The van der Waals surface area contributed by atoms with E-state index in [2.05, 4.69) is 4.98 Å². The number of halogens is 1. The summed E-state index contributed by atoms with van der Waals surface area (Å²) in [4.78, 5) is 14.4. The molecule has 1 aromatic rings. The Morgan fingerprint density at radius 3 is 2.85 bits per heavy atom. The van der Waals surface area contributed by atoms with Crippen molar-refractivity contribution in [2.24, 2.45) is 0 Å². The molecule has 0 atom stereocenters. The van der Waals surface area contributed by atoms with Crippen molar-refractivity contribution < 1.29 is 9.53 Å². The molecule has 0 amide bonds. The van der Waals surface area contributed by atoms with E-state index >= 15 is 0 Å². The Kier molecular flexibility index (Phi) is 3.25. The van der Waals surface area contributed by atoms with Crippen LogP contribution in [0.1, 0.15) is 24.2 Å². The summed E-state index contributed by atoms with van der Waals surface area (Å²) in [7, 11) is 0. The minimum absolute atomic E-state index is 0.00750. The minimum Gasteiger partial charge on any atom is -0.474 e. The standard InChI is InChI=1S/C9H10ClNO2/c1-6(2)13-9-8(10)7(5-12)3-4-11-9/h3-6H,1-2H3. The van der Waals surface area contributed by atoms with E-state index in [0.717, 1.165) is 0 Å². The molecule has 0 N–H and O–H groups in total. The molecule has 3 nitrogen and oxygen atoms in total. The van der Waals surface area contributed by atoms with E-state index in [1.165, 1.54) is 6.20 Å². The number of nitrogens with zero attached hydrogens (tertiary/aromatic N) is 1. The lowest BCUT2D eigenvalue weighted by molar-refractivity contribution is 0.112. The zero-order valence-corrected chi connectivity index (χ0v) is 8.21. The predicted molar refractivity (Wildman–Crippen MR) is 50.4 cm³/mol. The maximum absolute atomic E-state index is 10.5. The molecule has 0 fully saturated rings. The van der Waals surface area contributed by atoms with Crippen molar-refractivity contribution >= 4 is 17.9 Å². The molecule has 0 bridgehead atoms. The van der Waals surface area contributed by atoms with Gasteiger partial charge in [-0.25, -0.2) is 4.98 Å². The van der Waals surface area contributed by atoms with Crippen molar-refractivity contribution in [3.8, 4) is 5.88 Å². The molecule has 0 aliphatic heterocycles. The van der Waals surface area contributed by atoms with Crippen molar-refractivity contribution in [2.45, 2.75) is 20.0 Å². The van der Waals surface area contributed by atoms with Gasteiger partial charge < -0.3 is 4.74 Å². The summed E-state index contributed by atoms with van der Waals surface area (Å²) in [5.74, 6) is 0.307. The number of hydrogen-bond donors (Lipinski definition) is 0. The third-order valence-corrected chi connectivity index (χ3v) is 1.74. The zero-order chi connectivity index (χ0) is 9.84. The fourth-order valence-corrected chi connectivity index (χ4v) is 1.04. The van der Waals surface area contributed by atoms with Crippen molar-refractivity contribution in [2.75, 3.05) is 0 Å². The summed E-state index contributed by atoms with van der Waals surface area (Å²) >= 11 is 5.83. The second kappa shape index (κ2) is 4.23. The first-order chi connectivity index (χ1) is 6.15. The highest BCUT2D eigenvalue weighted by atomic mass is 35.5. The number of aromatic nitrogens is 1. The summed E-state index contributed by atoms with van der Waals surface area (Å²) < 4.78 is 5.29. The molecule has 70 valence electrons. The Balaban J connectivity index is 3.01. The van der Waals surface area contributed by atoms with Gasteiger partial charge in [-0.3, -0.25) is 4.79 Å². The van der Waals surface area contributed by atoms with Crippen LogP contribution < -0.4 is 4.74 Å². The zero-order valence-electron chi connectivity index (χ0n) is 7.45. The van der Waals surface area contributed by atoms with Crippen LogP contribution >= 0.6 is 11.6 Å². The van der Waals surface area contributed by atoms with Crippen LogP contribution in [0.3, 0.4) is 0 Å². The first-order valence-corrected chi connectivity index (χ1v) is 4.29. The Labute approximate surface area is 81.7 Å². The van der Waals surface area contributed by atoms with Gasteiger partial charge in [-0.15, -0.1) is 0 Å². The molecule has 0 aliphatic rings. The highest BCUT2D eigenvalue weighted by molar-refractivity contribution is 6.34. The maximum Gasteiger partial charge on any atom is 0.233 e. The van der Waals surface area contributed by atoms with Crippen LogP contribution in [0.5, 0.6) is 5.88 Å². The lowest BCUT2D eigenvalue weighted by Crippen LogP contribution is -2.07. The Bertz CT molecular complexity index is 312. The summed E-state index contributed by atoms with van der Waals surface area (Å²) in [6.07, 6.45) is 2.16. The highest BCUT2D eigenvalue weighted by Gasteiger charge is 2.08. The lowest BCUT2D eigenvalue weighted by atomic mass is 10.3. The summed E-state index contributed by atoms with van der Waals surface area (Å²) in [6, 6.07) is 1.54. The van der Waals surface area contributed by atoms with Crippen LogP contribution in [0.15, 0.2) is 12.3 Å². The normalized spacial score (nSPS) is 10.2. The third kappa shape index (κ3) is 2.42. The number of hydrogen-bond acceptors (Lipinski definition) is 3. The lowest BCUT2D eigenvalue weighted by Gasteiger charge is -2.10. The molecule has 0 saturated carbocycles. The quantitative estimate of drug-likeness (QED) is 0.702. The van der Waals surface area contributed by atoms with Crippen LogP contribution in [-0.2, 0) is 0 Å². The fourth-order valence-electron chi connectivity index (χ4n) is 0.835. The minimum atomic E-state index is -0.00750. The van der Waals surface area contributed by atoms with Gasteiger partial charge in [0.1, 0.15) is 5.02 Å². The van der Waals surface area contributed by atoms with E-state index < -0.39 is 0 Å². The van der Waals surface area contributed by atoms with Crippen molar-refractivity contribution in [3.05, 3.63) is 22.8 Å². The van der Waals surface area contributed by atoms with Crippen LogP contribution in [0.4, 0.5) is 0 Å². The molecule has 1 heterocycles. The molecule has 0 unspecified atom stereocenters. The predicted octanol–water partition coefficient (Wildman–Crippen LogP) is 2.33. The van der Waals surface area contributed by atoms with Crippen LogP contribution in [-0.4, -0.2) is 17.4 Å². The number of ether oxygens (including phenoxy) is 1. The van der Waals surface area contributed by atoms with Gasteiger partial charge >= 0.3 is 0 Å². The van der Waals surface area contributed by atoms with Crippen LogP contribution in [0.2, 0.25) is 5.02 Å². The van der Waals surface area contributed by atoms with Crippen LogP contribution in [0, 0.1) is 0 Å². The SMILES string of the molecule is CC(C)Oc1nccc(C=O)c1Cl. The van der Waals surface area contributed by atoms with Gasteiger partial charge in [0.25, 0.3) is 0 Å². The van der Waals surface area contributed by atoms with E-state index in [0.29, 0.717) is 17.7 Å². The Morgan fingerprint density at radius 2 is 2.31 bits per heavy atom. The Morgan fingerprint density at radius 1 is 1.62 bits per heavy atom. The van der Waals surface area contributed by atoms with Gasteiger partial charge in [0.2, 0.25) is 5.88 Å². The van der Waals surface area contributed by atoms with Crippen molar-refractivity contribution in [1.29, 1.82) is 0 Å². The average molecular weight is 200 g/mol. The molecule has 13 heavy (non-hydrogen) atoms. The monoisotopic (exact) mass is 199 g/mol. The molecule has 0 aliphatic carbocycles. The summed E-state index contributed by atoms with van der Waals surface area (Å²) in [6.45, 7) is 3.73. The smallest absolute Gasteiger partial charge is 0.233 e. The molecule has 0 aromatic carbocycles. The number of pyridine rings is 1. The molecular formula is C9H10ClNO2. The van der Waals surface area contributed by atoms with Gasteiger partial charge in [-0.05, 0) is 19.9 Å². The molecule has 0 spiro atoms. The molecular weight excluding hydrogens is 190 g/mol. The molecule has 1 rings (SSSR count). The number of rotatable bonds is 3. The van der Waals surface area contributed by atoms with Gasteiger partial charge in [-0.2, -0.15) is 0 Å². The Hall–Kier alpha value is -1.09. The third-order valence-electron chi connectivity index (χ3n) is 1.36. The van der Waals surface area contributed by atoms with Crippen molar-refractivity contribution in [1.82, 2.24) is 4.98 Å². The summed E-state index contributed by atoms with van der Waals surface area (Å²) in [5.41, 5.74) is 0.396.